The molecule has 0 aromatic carbocycles. The number of aryl methyl sites for hydroxylation is 2. The molecule has 0 saturated heterocycles. The molecule has 3 aromatic rings. The van der Waals surface area contributed by atoms with Crippen LogP contribution in [0.4, 0.5) is 0 Å². The third-order valence-corrected chi connectivity index (χ3v) is 4.94. The molecule has 3 heterocycles. The number of methoxy groups -OCH3 is 2. The number of rotatable bonds is 8. The van der Waals surface area contributed by atoms with Crippen LogP contribution < -0.4 is 4.74 Å². The second-order valence-electron chi connectivity index (χ2n) is 7.31. The van der Waals surface area contributed by atoms with E-state index in [-0.39, 0.29) is 12.6 Å². The van der Waals surface area contributed by atoms with Crippen LogP contribution in [-0.2, 0) is 11.2 Å². The molecule has 1 N–H and O–H groups in total. The molecule has 0 bridgehead atoms. The molecule has 8 nitrogen and oxygen atoms in total. The van der Waals surface area contributed by atoms with Crippen molar-refractivity contribution in [1.29, 1.82) is 0 Å². The van der Waals surface area contributed by atoms with Crippen LogP contribution >= 0.6 is 0 Å². The molecule has 170 valence electrons. The van der Waals surface area contributed by atoms with Gasteiger partial charge in [-0.3, -0.25) is 0 Å². The van der Waals surface area contributed by atoms with Gasteiger partial charge >= 0.3 is 0 Å². The first-order valence-electron chi connectivity index (χ1n) is 10.9. The Bertz CT molecular complexity index is 1000. The molecule has 0 amide bonds. The summed E-state index contributed by atoms with van der Waals surface area (Å²) in [6, 6.07) is 3.68. The number of aromatic nitrogens is 5. The number of nitrogens with zero attached hydrogens (tertiary/aromatic N) is 5. The van der Waals surface area contributed by atoms with Gasteiger partial charge in [0.15, 0.2) is 5.65 Å². The summed E-state index contributed by atoms with van der Waals surface area (Å²) in [4.78, 5) is 14.4. The van der Waals surface area contributed by atoms with E-state index >= 15 is 0 Å². The van der Waals surface area contributed by atoms with Gasteiger partial charge in [0.1, 0.15) is 11.6 Å². The average Bonchev–Trinajstić information content (AvgIpc) is 3.12. The van der Waals surface area contributed by atoms with Crippen LogP contribution in [0.1, 0.15) is 63.7 Å². The van der Waals surface area contributed by atoms with Crippen LogP contribution in [0.2, 0.25) is 0 Å². The third kappa shape index (κ3) is 5.02. The number of aliphatic hydroxyl groups is 1. The molecule has 0 spiro atoms. The maximum Gasteiger partial charge on any atom is 0.222 e. The lowest BCUT2D eigenvalue weighted by Gasteiger charge is -2.16. The van der Waals surface area contributed by atoms with E-state index in [9.17, 15) is 5.11 Å². The summed E-state index contributed by atoms with van der Waals surface area (Å²) in [5.74, 6) is 0.839. The van der Waals surface area contributed by atoms with E-state index in [4.69, 9.17) is 19.4 Å². The van der Waals surface area contributed by atoms with Crippen molar-refractivity contribution in [3.63, 3.8) is 0 Å². The number of ether oxygens (including phenoxy) is 2. The number of aliphatic hydroxyl groups excluding tert-OH is 1. The monoisotopic (exact) mass is 429 g/mol. The van der Waals surface area contributed by atoms with Gasteiger partial charge in [-0.1, -0.05) is 34.6 Å². The lowest BCUT2D eigenvalue weighted by atomic mass is 10.1. The van der Waals surface area contributed by atoms with Gasteiger partial charge in [0.2, 0.25) is 5.88 Å². The van der Waals surface area contributed by atoms with Gasteiger partial charge < -0.3 is 14.6 Å². The Labute approximate surface area is 184 Å². The summed E-state index contributed by atoms with van der Waals surface area (Å²) >= 11 is 0. The lowest BCUT2D eigenvalue weighted by molar-refractivity contribution is 0.110. The van der Waals surface area contributed by atoms with Crippen LogP contribution in [0.25, 0.3) is 22.4 Å². The van der Waals surface area contributed by atoms with Crippen LogP contribution in [0.5, 0.6) is 5.88 Å². The Morgan fingerprint density at radius 3 is 2.35 bits per heavy atom. The molecule has 0 saturated carbocycles. The highest BCUT2D eigenvalue weighted by Gasteiger charge is 2.22. The van der Waals surface area contributed by atoms with E-state index in [0.29, 0.717) is 36.0 Å². The van der Waals surface area contributed by atoms with Crippen molar-refractivity contribution in [2.75, 3.05) is 27.4 Å². The van der Waals surface area contributed by atoms with E-state index in [2.05, 4.69) is 23.9 Å². The first kappa shape index (κ1) is 24.7. The quantitative estimate of drug-likeness (QED) is 0.576. The lowest BCUT2D eigenvalue weighted by Crippen LogP contribution is -2.20. The highest BCUT2D eigenvalue weighted by atomic mass is 16.5. The number of fused-ring (bicyclic) bond motifs is 1. The second-order valence-corrected chi connectivity index (χ2v) is 7.31. The fourth-order valence-corrected chi connectivity index (χ4v) is 3.34. The van der Waals surface area contributed by atoms with Crippen LogP contribution in [0, 0.1) is 6.92 Å². The molecule has 0 aliphatic rings. The van der Waals surface area contributed by atoms with Crippen molar-refractivity contribution >= 4 is 11.2 Å². The SMILES string of the molecule is CC.CCc1nc2c(nc1-c1ccc(C(C)C)nc1OC)c(C)nn2C(CO)COC. The Morgan fingerprint density at radius 2 is 1.81 bits per heavy atom. The summed E-state index contributed by atoms with van der Waals surface area (Å²) in [7, 11) is 3.22. The molecule has 0 radical (unpaired) electrons. The summed E-state index contributed by atoms with van der Waals surface area (Å²) in [6.07, 6.45) is 0.686. The van der Waals surface area contributed by atoms with Gasteiger partial charge in [-0.15, -0.1) is 0 Å². The summed E-state index contributed by atoms with van der Waals surface area (Å²) in [6.45, 7) is 12.4. The van der Waals surface area contributed by atoms with Gasteiger partial charge in [-0.2, -0.15) is 5.10 Å². The van der Waals surface area contributed by atoms with E-state index in [1.165, 1.54) is 0 Å². The van der Waals surface area contributed by atoms with Crippen LogP contribution in [0.15, 0.2) is 12.1 Å². The van der Waals surface area contributed by atoms with Crippen LogP contribution in [0.3, 0.4) is 0 Å². The van der Waals surface area contributed by atoms with Crippen molar-refractivity contribution in [3.8, 4) is 17.1 Å². The topological polar surface area (TPSA) is 95.2 Å². The van der Waals surface area contributed by atoms with Crippen molar-refractivity contribution in [2.24, 2.45) is 0 Å². The Hall–Kier alpha value is -2.58. The number of hydrogen-bond acceptors (Lipinski definition) is 7. The molecule has 1 unspecified atom stereocenters. The van der Waals surface area contributed by atoms with E-state index in [1.807, 2.05) is 39.8 Å². The summed E-state index contributed by atoms with van der Waals surface area (Å²) in [5.41, 5.74) is 5.43. The summed E-state index contributed by atoms with van der Waals surface area (Å²) in [5, 5.41) is 14.3. The third-order valence-electron chi connectivity index (χ3n) is 4.94. The summed E-state index contributed by atoms with van der Waals surface area (Å²) < 4.78 is 12.5. The highest BCUT2D eigenvalue weighted by molar-refractivity contribution is 5.79. The fraction of sp³-hybridized carbons (Fsp3) is 0.565. The van der Waals surface area contributed by atoms with Crippen molar-refractivity contribution in [2.45, 2.75) is 59.9 Å². The molecular weight excluding hydrogens is 394 g/mol. The Kier molecular flexibility index (Phi) is 8.88. The van der Waals surface area contributed by atoms with Gasteiger partial charge in [-0.25, -0.2) is 19.6 Å². The van der Waals surface area contributed by atoms with Gasteiger partial charge in [0, 0.05) is 12.8 Å². The van der Waals surface area contributed by atoms with E-state index in [0.717, 1.165) is 28.3 Å². The number of hydrogen-bond donors (Lipinski definition) is 1. The van der Waals surface area contributed by atoms with Crippen molar-refractivity contribution < 1.29 is 14.6 Å². The zero-order valence-corrected chi connectivity index (χ0v) is 19.9. The Morgan fingerprint density at radius 1 is 1.10 bits per heavy atom. The average molecular weight is 430 g/mol. The Balaban J connectivity index is 0.00000166. The fourth-order valence-electron chi connectivity index (χ4n) is 3.34. The minimum absolute atomic E-state index is 0.0939. The molecule has 1 atom stereocenters. The zero-order chi connectivity index (χ0) is 23.1. The molecule has 31 heavy (non-hydrogen) atoms. The van der Waals surface area contributed by atoms with Crippen LogP contribution in [-0.4, -0.2) is 57.3 Å². The minimum Gasteiger partial charge on any atom is -0.480 e. The number of pyridine rings is 1. The minimum atomic E-state index is -0.317. The molecule has 8 heteroatoms. The maximum atomic E-state index is 9.76. The molecule has 0 fully saturated rings. The second kappa shape index (κ2) is 11.2. The predicted octanol–water partition coefficient (Wildman–Crippen LogP) is 4.10. The van der Waals surface area contributed by atoms with E-state index < -0.39 is 0 Å². The first-order chi connectivity index (χ1) is 14.9. The smallest absolute Gasteiger partial charge is 0.222 e. The van der Waals surface area contributed by atoms with Crippen molar-refractivity contribution in [3.05, 3.63) is 29.2 Å². The first-order valence-corrected chi connectivity index (χ1v) is 10.9. The standard InChI is InChI=1S/C21H29N5O3.C2H6/c1-7-16-19(15-8-9-17(12(2)3)23-21(15)29-6)24-18-13(4)25-26(20(18)22-16)14(10-27)11-28-5;1-2/h8-9,12,14,27H,7,10-11H2,1-6H3;1-2H3. The normalized spacial score (nSPS) is 12.1. The largest absolute Gasteiger partial charge is 0.480 e. The van der Waals surface area contributed by atoms with Gasteiger partial charge in [0.25, 0.3) is 0 Å². The molecule has 3 aromatic heterocycles. The highest BCUT2D eigenvalue weighted by Crippen LogP contribution is 2.33. The van der Waals surface area contributed by atoms with E-state index in [1.54, 1.807) is 18.9 Å². The molecule has 0 aliphatic heterocycles. The molecular formula is C23H35N5O3. The maximum absolute atomic E-state index is 9.76. The molecule has 3 rings (SSSR count). The van der Waals surface area contributed by atoms with Crippen molar-refractivity contribution in [1.82, 2.24) is 24.7 Å². The van der Waals surface area contributed by atoms with Gasteiger partial charge in [-0.05, 0) is 31.4 Å². The zero-order valence-electron chi connectivity index (χ0n) is 19.9. The molecule has 0 aliphatic carbocycles. The predicted molar refractivity (Wildman–Crippen MR) is 123 cm³/mol. The van der Waals surface area contributed by atoms with Gasteiger partial charge in [0.05, 0.1) is 43.0 Å².